The highest BCUT2D eigenvalue weighted by atomic mass is 35.5. The Bertz CT molecular complexity index is 458. The quantitative estimate of drug-likeness (QED) is 0.902. The molecule has 1 heterocycles. The molecule has 0 saturated carbocycles. The summed E-state index contributed by atoms with van der Waals surface area (Å²) in [6.45, 7) is 0.496. The fourth-order valence-electron chi connectivity index (χ4n) is 1.53. The zero-order valence-electron chi connectivity index (χ0n) is 9.30. The molecule has 0 amide bonds. The van der Waals surface area contributed by atoms with Crippen LogP contribution in [0, 0.1) is 0 Å². The number of thiophene rings is 1. The predicted octanol–water partition coefficient (Wildman–Crippen LogP) is 3.35. The third kappa shape index (κ3) is 4.04. The molecule has 2 N–H and O–H groups in total. The topological polar surface area (TPSA) is 35.2 Å². The normalized spacial score (nSPS) is 12.4. The van der Waals surface area contributed by atoms with Crippen molar-refractivity contribution in [3.05, 3.63) is 51.7 Å². The first kappa shape index (κ1) is 12.4. The predicted molar refractivity (Wildman–Crippen MR) is 72.9 cm³/mol. The van der Waals surface area contributed by atoms with Gasteiger partial charge in [-0.1, -0.05) is 17.7 Å². The van der Waals surface area contributed by atoms with Gasteiger partial charge in [-0.3, -0.25) is 0 Å². The minimum atomic E-state index is 0.00332. The molecule has 2 nitrogen and oxygen atoms in total. The van der Waals surface area contributed by atoms with Crippen molar-refractivity contribution in [1.82, 2.24) is 0 Å². The van der Waals surface area contributed by atoms with E-state index < -0.39 is 0 Å². The summed E-state index contributed by atoms with van der Waals surface area (Å²) in [4.78, 5) is 0. The molecule has 0 radical (unpaired) electrons. The van der Waals surface area contributed by atoms with Crippen molar-refractivity contribution >= 4 is 22.9 Å². The summed E-state index contributed by atoms with van der Waals surface area (Å²) in [6, 6.07) is 9.44. The van der Waals surface area contributed by atoms with Crippen LogP contribution in [-0.2, 0) is 6.42 Å². The number of hydrogen-bond donors (Lipinski definition) is 1. The molecular formula is C13H14ClNOS. The van der Waals surface area contributed by atoms with Crippen LogP contribution in [0.15, 0.2) is 41.1 Å². The van der Waals surface area contributed by atoms with Gasteiger partial charge in [-0.25, -0.2) is 0 Å². The van der Waals surface area contributed by atoms with E-state index in [-0.39, 0.29) is 6.04 Å². The summed E-state index contributed by atoms with van der Waals surface area (Å²) in [5.74, 6) is 0.762. The molecule has 0 aliphatic carbocycles. The maximum atomic E-state index is 6.00. The molecule has 17 heavy (non-hydrogen) atoms. The van der Waals surface area contributed by atoms with Crippen molar-refractivity contribution in [3.8, 4) is 5.75 Å². The Hall–Kier alpha value is -1.03. The van der Waals surface area contributed by atoms with Crippen LogP contribution in [0.5, 0.6) is 5.75 Å². The van der Waals surface area contributed by atoms with E-state index in [1.165, 1.54) is 5.56 Å². The average Bonchev–Trinajstić information content (AvgIpc) is 2.79. The summed E-state index contributed by atoms with van der Waals surface area (Å²) in [5, 5.41) is 4.84. The lowest BCUT2D eigenvalue weighted by atomic mass is 10.1. The van der Waals surface area contributed by atoms with Crippen LogP contribution in [0.4, 0.5) is 0 Å². The second-order valence-electron chi connectivity index (χ2n) is 3.86. The van der Waals surface area contributed by atoms with Crippen molar-refractivity contribution < 1.29 is 4.74 Å². The van der Waals surface area contributed by atoms with Crippen molar-refractivity contribution in [3.63, 3.8) is 0 Å². The Morgan fingerprint density at radius 2 is 2.24 bits per heavy atom. The van der Waals surface area contributed by atoms with E-state index in [0.29, 0.717) is 11.6 Å². The van der Waals surface area contributed by atoms with Gasteiger partial charge >= 0.3 is 0 Å². The van der Waals surface area contributed by atoms with Crippen LogP contribution < -0.4 is 10.5 Å². The minimum absolute atomic E-state index is 0.00332. The maximum absolute atomic E-state index is 6.00. The highest BCUT2D eigenvalue weighted by Gasteiger charge is 2.05. The summed E-state index contributed by atoms with van der Waals surface area (Å²) in [7, 11) is 0. The standard InChI is InChI=1S/C13H14ClNOS/c14-11-2-1-3-13(7-11)16-8-12(15)6-10-4-5-17-9-10/h1-5,7,9,12H,6,8,15H2. The first-order valence-electron chi connectivity index (χ1n) is 5.39. The molecule has 90 valence electrons. The van der Waals surface area contributed by atoms with Gasteiger partial charge < -0.3 is 10.5 Å². The van der Waals surface area contributed by atoms with Gasteiger partial charge in [0.2, 0.25) is 0 Å². The van der Waals surface area contributed by atoms with Gasteiger partial charge in [0.05, 0.1) is 0 Å². The summed E-state index contributed by atoms with van der Waals surface area (Å²) in [6.07, 6.45) is 0.837. The van der Waals surface area contributed by atoms with E-state index in [9.17, 15) is 0 Å². The summed E-state index contributed by atoms with van der Waals surface area (Å²) in [5.41, 5.74) is 7.26. The largest absolute Gasteiger partial charge is 0.492 e. The van der Waals surface area contributed by atoms with Crippen molar-refractivity contribution in [1.29, 1.82) is 0 Å². The molecule has 2 aromatic rings. The minimum Gasteiger partial charge on any atom is -0.492 e. The van der Waals surface area contributed by atoms with Crippen LogP contribution >= 0.6 is 22.9 Å². The van der Waals surface area contributed by atoms with Gasteiger partial charge in [0.25, 0.3) is 0 Å². The van der Waals surface area contributed by atoms with Crippen LogP contribution in [-0.4, -0.2) is 12.6 Å². The summed E-state index contributed by atoms with van der Waals surface area (Å²) >= 11 is 7.55. The third-order valence-corrected chi connectivity index (χ3v) is 3.31. The molecule has 0 fully saturated rings. The summed E-state index contributed by atoms with van der Waals surface area (Å²) < 4.78 is 5.59. The first-order valence-corrected chi connectivity index (χ1v) is 6.71. The van der Waals surface area contributed by atoms with Gasteiger partial charge in [-0.2, -0.15) is 11.3 Å². The molecule has 0 aliphatic heterocycles. The van der Waals surface area contributed by atoms with E-state index in [1.54, 1.807) is 17.4 Å². The van der Waals surface area contributed by atoms with Crippen LogP contribution in [0.2, 0.25) is 5.02 Å². The SMILES string of the molecule is NC(COc1cccc(Cl)c1)Cc1ccsc1. The van der Waals surface area contributed by atoms with Gasteiger partial charge in [-0.15, -0.1) is 0 Å². The Morgan fingerprint density at radius 3 is 2.94 bits per heavy atom. The molecule has 1 unspecified atom stereocenters. The van der Waals surface area contributed by atoms with Gasteiger partial charge in [0, 0.05) is 11.1 Å². The van der Waals surface area contributed by atoms with Gasteiger partial charge in [0.1, 0.15) is 12.4 Å². The van der Waals surface area contributed by atoms with E-state index in [1.807, 2.05) is 18.2 Å². The van der Waals surface area contributed by atoms with E-state index in [2.05, 4.69) is 16.8 Å². The Labute approximate surface area is 110 Å². The zero-order valence-corrected chi connectivity index (χ0v) is 10.9. The first-order chi connectivity index (χ1) is 8.24. The molecule has 0 spiro atoms. The van der Waals surface area contributed by atoms with Gasteiger partial charge in [-0.05, 0) is 47.0 Å². The molecule has 1 aromatic carbocycles. The molecule has 0 bridgehead atoms. The highest BCUT2D eigenvalue weighted by molar-refractivity contribution is 7.07. The maximum Gasteiger partial charge on any atom is 0.120 e. The molecule has 0 saturated heterocycles. The van der Waals surface area contributed by atoms with E-state index >= 15 is 0 Å². The Kier molecular flexibility index (Phi) is 4.42. The Balaban J connectivity index is 1.82. The van der Waals surface area contributed by atoms with E-state index in [4.69, 9.17) is 22.1 Å². The number of halogens is 1. The lowest BCUT2D eigenvalue weighted by Crippen LogP contribution is -2.29. The molecular weight excluding hydrogens is 254 g/mol. The fourth-order valence-corrected chi connectivity index (χ4v) is 2.39. The lowest BCUT2D eigenvalue weighted by molar-refractivity contribution is 0.287. The smallest absolute Gasteiger partial charge is 0.120 e. The Morgan fingerprint density at radius 1 is 1.35 bits per heavy atom. The number of rotatable bonds is 5. The number of nitrogens with two attached hydrogens (primary N) is 1. The number of hydrogen-bond acceptors (Lipinski definition) is 3. The zero-order chi connectivity index (χ0) is 12.1. The van der Waals surface area contributed by atoms with Gasteiger partial charge in [0.15, 0.2) is 0 Å². The monoisotopic (exact) mass is 267 g/mol. The van der Waals surface area contributed by atoms with Crippen molar-refractivity contribution in [2.24, 2.45) is 5.73 Å². The van der Waals surface area contributed by atoms with Crippen molar-refractivity contribution in [2.75, 3.05) is 6.61 Å². The average molecular weight is 268 g/mol. The lowest BCUT2D eigenvalue weighted by Gasteiger charge is -2.12. The molecule has 1 aromatic heterocycles. The second kappa shape index (κ2) is 6.05. The second-order valence-corrected chi connectivity index (χ2v) is 5.08. The molecule has 4 heteroatoms. The number of benzene rings is 1. The third-order valence-electron chi connectivity index (χ3n) is 2.34. The van der Waals surface area contributed by atoms with E-state index in [0.717, 1.165) is 12.2 Å². The number of ether oxygens (including phenoxy) is 1. The molecule has 1 atom stereocenters. The fraction of sp³-hybridized carbons (Fsp3) is 0.231. The van der Waals surface area contributed by atoms with Crippen molar-refractivity contribution in [2.45, 2.75) is 12.5 Å². The highest BCUT2D eigenvalue weighted by Crippen LogP contribution is 2.17. The molecule has 0 aliphatic rings. The van der Waals surface area contributed by atoms with Crippen LogP contribution in [0.1, 0.15) is 5.56 Å². The van der Waals surface area contributed by atoms with Crippen LogP contribution in [0.3, 0.4) is 0 Å². The van der Waals surface area contributed by atoms with Crippen LogP contribution in [0.25, 0.3) is 0 Å². The molecule has 2 rings (SSSR count).